The first-order chi connectivity index (χ1) is 15.9. The molecule has 0 radical (unpaired) electrons. The highest BCUT2D eigenvalue weighted by Gasteiger charge is 2.35. The van der Waals surface area contributed by atoms with Crippen molar-refractivity contribution in [2.24, 2.45) is 0 Å². The Morgan fingerprint density at radius 2 is 1.91 bits per heavy atom. The molecule has 1 aromatic carbocycles. The predicted octanol–water partition coefficient (Wildman–Crippen LogP) is 3.84. The van der Waals surface area contributed by atoms with E-state index in [1.807, 2.05) is 44.2 Å². The van der Waals surface area contributed by atoms with Gasteiger partial charge in [-0.1, -0.05) is 67.3 Å². The van der Waals surface area contributed by atoms with E-state index in [1.165, 1.54) is 16.2 Å². The highest BCUT2D eigenvalue weighted by molar-refractivity contribution is 8.26. The number of nitrogens with zero attached hydrogens (tertiary/aromatic N) is 3. The van der Waals surface area contributed by atoms with Gasteiger partial charge in [0.15, 0.2) is 0 Å². The lowest BCUT2D eigenvalue weighted by atomic mass is 10.1. The van der Waals surface area contributed by atoms with Gasteiger partial charge in [-0.25, -0.2) is 4.98 Å². The van der Waals surface area contributed by atoms with Crippen LogP contribution in [0.5, 0.6) is 0 Å². The van der Waals surface area contributed by atoms with Crippen LogP contribution in [0.2, 0.25) is 0 Å². The lowest BCUT2D eigenvalue weighted by Crippen LogP contribution is -2.36. The summed E-state index contributed by atoms with van der Waals surface area (Å²) in [5.74, 6) is 0.0853. The van der Waals surface area contributed by atoms with Crippen molar-refractivity contribution in [2.75, 3.05) is 11.9 Å². The van der Waals surface area contributed by atoms with Gasteiger partial charge in [-0.05, 0) is 37.1 Å². The molecule has 33 heavy (non-hydrogen) atoms. The van der Waals surface area contributed by atoms with Crippen LogP contribution in [0.1, 0.15) is 37.5 Å². The van der Waals surface area contributed by atoms with Gasteiger partial charge in [-0.2, -0.15) is 0 Å². The molecule has 0 unspecified atom stereocenters. The van der Waals surface area contributed by atoms with E-state index >= 15 is 0 Å². The fourth-order valence-corrected chi connectivity index (χ4v) is 4.97. The van der Waals surface area contributed by atoms with Gasteiger partial charge in [0, 0.05) is 18.8 Å². The van der Waals surface area contributed by atoms with Crippen LogP contribution in [-0.4, -0.2) is 42.2 Å². The van der Waals surface area contributed by atoms with Crippen LogP contribution in [0, 0.1) is 0 Å². The number of hydrogen-bond donors (Lipinski definition) is 2. The molecule has 1 amide bonds. The summed E-state index contributed by atoms with van der Waals surface area (Å²) in [6.45, 7) is 4.08. The number of aromatic nitrogens is 2. The largest absolute Gasteiger partial charge is 0.387 e. The molecule has 1 fully saturated rings. The normalized spacial score (nSPS) is 17.1. The lowest BCUT2D eigenvalue weighted by Gasteiger charge is -2.21. The van der Waals surface area contributed by atoms with E-state index in [0.717, 1.165) is 12.0 Å². The Hall–Kier alpha value is -3.01. The van der Waals surface area contributed by atoms with Crippen molar-refractivity contribution in [1.82, 2.24) is 14.3 Å². The maximum absolute atomic E-state index is 13.3. The van der Waals surface area contributed by atoms with Crippen LogP contribution in [0.4, 0.5) is 5.82 Å². The second-order valence-electron chi connectivity index (χ2n) is 7.72. The summed E-state index contributed by atoms with van der Waals surface area (Å²) in [7, 11) is 0. The van der Waals surface area contributed by atoms with Crippen molar-refractivity contribution in [1.29, 1.82) is 0 Å². The van der Waals surface area contributed by atoms with E-state index in [9.17, 15) is 14.7 Å². The Balaban J connectivity index is 1.73. The molecule has 0 bridgehead atoms. The number of thiocarbonyl (C=S) groups is 1. The number of aliphatic hydroxyl groups excluding tert-OH is 1. The summed E-state index contributed by atoms with van der Waals surface area (Å²) in [6.07, 6.45) is 3.16. The Kier molecular flexibility index (Phi) is 6.92. The van der Waals surface area contributed by atoms with Crippen LogP contribution < -0.4 is 10.9 Å². The fraction of sp³-hybridized carbons (Fsp3) is 0.250. The maximum atomic E-state index is 13.3. The van der Waals surface area contributed by atoms with Crippen LogP contribution in [0.25, 0.3) is 11.7 Å². The van der Waals surface area contributed by atoms with Gasteiger partial charge in [0.2, 0.25) is 0 Å². The molecule has 0 aliphatic carbocycles. The van der Waals surface area contributed by atoms with Crippen molar-refractivity contribution in [3.05, 3.63) is 81.1 Å². The predicted molar refractivity (Wildman–Crippen MR) is 136 cm³/mol. The first kappa shape index (κ1) is 23.2. The van der Waals surface area contributed by atoms with Gasteiger partial charge in [0.05, 0.1) is 16.6 Å². The molecule has 0 saturated carbocycles. The number of carbonyl (C=O) groups is 1. The molecule has 170 valence electrons. The van der Waals surface area contributed by atoms with Crippen molar-refractivity contribution in [3.63, 3.8) is 0 Å². The minimum absolute atomic E-state index is 0.0298. The molecule has 2 atom stereocenters. The molecule has 2 N–H and O–H groups in total. The fourth-order valence-electron chi connectivity index (χ4n) is 3.53. The number of carbonyl (C=O) groups excluding carboxylic acids is 1. The zero-order valence-electron chi connectivity index (χ0n) is 18.3. The minimum Gasteiger partial charge on any atom is -0.387 e. The zero-order valence-corrected chi connectivity index (χ0v) is 19.9. The van der Waals surface area contributed by atoms with Crippen LogP contribution in [-0.2, 0) is 4.79 Å². The second-order valence-corrected chi connectivity index (χ2v) is 9.40. The van der Waals surface area contributed by atoms with E-state index in [-0.39, 0.29) is 29.6 Å². The van der Waals surface area contributed by atoms with E-state index < -0.39 is 6.10 Å². The third-order valence-corrected chi connectivity index (χ3v) is 6.88. The van der Waals surface area contributed by atoms with E-state index in [1.54, 1.807) is 35.4 Å². The Bertz CT molecular complexity index is 1290. The van der Waals surface area contributed by atoms with Crippen LogP contribution >= 0.6 is 24.0 Å². The number of fused-ring (bicyclic) bond motifs is 1. The number of benzene rings is 1. The highest BCUT2D eigenvalue weighted by atomic mass is 32.2. The lowest BCUT2D eigenvalue weighted by molar-refractivity contribution is -0.123. The molecule has 9 heteroatoms. The molecule has 0 spiro atoms. The number of nitrogens with one attached hydrogen (secondary N) is 1. The molecule has 3 heterocycles. The third-order valence-electron chi connectivity index (χ3n) is 5.55. The number of aliphatic hydroxyl groups is 1. The first-order valence-corrected chi connectivity index (χ1v) is 11.9. The summed E-state index contributed by atoms with van der Waals surface area (Å²) in [4.78, 5) is 32.9. The van der Waals surface area contributed by atoms with E-state index in [0.29, 0.717) is 20.7 Å². The Morgan fingerprint density at radius 3 is 2.64 bits per heavy atom. The van der Waals surface area contributed by atoms with Gasteiger partial charge in [-0.15, -0.1) is 0 Å². The number of anilines is 1. The quantitative estimate of drug-likeness (QED) is 0.392. The standard InChI is InChI=1S/C24H24N4O3S2/c1-3-15(2)28-23(31)19(33-24(28)32)13-17-21(25-14-18(29)16-9-5-4-6-10-16)26-20-11-7-8-12-27(20)22(17)30/h4-13,15,18,25,29H,3,14H2,1-2H3/b19-13-/t15-,18+/m1/s1. The van der Waals surface area contributed by atoms with Crippen LogP contribution in [0.3, 0.4) is 0 Å². The molecule has 1 aliphatic heterocycles. The molecule has 2 aromatic heterocycles. The number of amides is 1. The number of rotatable bonds is 7. The van der Waals surface area contributed by atoms with Crippen LogP contribution in [0.15, 0.2) is 64.4 Å². The summed E-state index contributed by atoms with van der Waals surface area (Å²) in [5.41, 5.74) is 1.14. The van der Waals surface area contributed by atoms with Gasteiger partial charge in [-0.3, -0.25) is 18.9 Å². The smallest absolute Gasteiger partial charge is 0.267 e. The van der Waals surface area contributed by atoms with Gasteiger partial charge < -0.3 is 10.4 Å². The average molecular weight is 481 g/mol. The molecular formula is C24H24N4O3S2. The topological polar surface area (TPSA) is 86.9 Å². The molecule has 4 rings (SSSR count). The number of hydrogen-bond acceptors (Lipinski definition) is 7. The number of thioether (sulfide) groups is 1. The van der Waals surface area contributed by atoms with E-state index in [2.05, 4.69) is 10.3 Å². The van der Waals surface area contributed by atoms with Crippen molar-refractivity contribution >= 4 is 51.7 Å². The minimum atomic E-state index is -0.793. The zero-order chi connectivity index (χ0) is 23.5. The Labute approximate surface area is 201 Å². The first-order valence-electron chi connectivity index (χ1n) is 10.7. The summed E-state index contributed by atoms with van der Waals surface area (Å²) >= 11 is 6.60. The average Bonchev–Trinajstić information content (AvgIpc) is 3.12. The van der Waals surface area contributed by atoms with Gasteiger partial charge in [0.1, 0.15) is 15.8 Å². The summed E-state index contributed by atoms with van der Waals surface area (Å²) in [5, 5.41) is 13.7. The van der Waals surface area contributed by atoms with Gasteiger partial charge >= 0.3 is 0 Å². The Morgan fingerprint density at radius 1 is 1.18 bits per heavy atom. The molecule has 1 aliphatic rings. The van der Waals surface area contributed by atoms with E-state index in [4.69, 9.17) is 12.2 Å². The summed E-state index contributed by atoms with van der Waals surface area (Å²) < 4.78 is 1.91. The molecular weight excluding hydrogens is 456 g/mol. The van der Waals surface area contributed by atoms with Crippen molar-refractivity contribution < 1.29 is 9.90 Å². The second kappa shape index (κ2) is 9.86. The molecule has 1 saturated heterocycles. The van der Waals surface area contributed by atoms with Crippen molar-refractivity contribution in [3.8, 4) is 0 Å². The summed E-state index contributed by atoms with van der Waals surface area (Å²) in [6, 6.07) is 14.5. The van der Waals surface area contributed by atoms with Crippen molar-refractivity contribution in [2.45, 2.75) is 32.4 Å². The number of pyridine rings is 1. The third kappa shape index (κ3) is 4.71. The monoisotopic (exact) mass is 480 g/mol. The SMILES string of the molecule is CC[C@@H](C)N1C(=O)/C(=C/c2c(NC[C@H](O)c3ccccc3)nc3ccccn3c2=O)SC1=S. The highest BCUT2D eigenvalue weighted by Crippen LogP contribution is 2.34. The maximum Gasteiger partial charge on any atom is 0.267 e. The molecule has 3 aromatic rings. The van der Waals surface area contributed by atoms with Gasteiger partial charge in [0.25, 0.3) is 11.5 Å². The molecule has 7 nitrogen and oxygen atoms in total.